The third-order valence-corrected chi connectivity index (χ3v) is 0.250. The molecule has 0 aliphatic rings. The largest absolute Gasteiger partial charge is 1.00 e. The van der Waals surface area contributed by atoms with E-state index in [1.807, 2.05) is 0 Å². The summed E-state index contributed by atoms with van der Waals surface area (Å²) < 4.78 is 0. The predicted molar refractivity (Wildman–Crippen MR) is 19.9 cm³/mol. The first-order chi connectivity index (χ1) is 1.91. The Hall–Kier alpha value is 3.27. The molecule has 0 rings (SSSR count). The fourth-order valence-corrected chi connectivity index (χ4v) is 0. The smallest absolute Gasteiger partial charge is 0.346 e. The topological polar surface area (TPSA) is 0 Å². The number of unbranched alkanes of at least 4 members (excludes halogenated alkanes) is 1. The standard InChI is InChI=1S/C4H8.2K/c1-3-4-2;;/h1-4H2;;/q-2;2*+1. The molecule has 0 aromatic rings. The number of rotatable bonds is 1. The van der Waals surface area contributed by atoms with Gasteiger partial charge in [-0.15, -0.1) is 0 Å². The van der Waals surface area contributed by atoms with Crippen LogP contribution in [0.25, 0.3) is 0 Å². The van der Waals surface area contributed by atoms with E-state index in [1.54, 1.807) is 0 Å². The molecule has 0 atom stereocenters. The molecule has 0 N–H and O–H groups in total. The van der Waals surface area contributed by atoms with E-state index in [9.17, 15) is 0 Å². The van der Waals surface area contributed by atoms with Gasteiger partial charge in [-0.05, 0) is 0 Å². The van der Waals surface area contributed by atoms with Crippen molar-refractivity contribution in [3.05, 3.63) is 13.8 Å². The van der Waals surface area contributed by atoms with Crippen LogP contribution >= 0.6 is 0 Å². The van der Waals surface area contributed by atoms with Crippen LogP contribution in [0, 0.1) is 13.8 Å². The molecule has 26 valence electrons. The quantitative estimate of drug-likeness (QED) is 0.250. The van der Waals surface area contributed by atoms with E-state index < -0.39 is 0 Å². The Balaban J connectivity index is -0.0000000450. The molecule has 0 saturated heterocycles. The zero-order chi connectivity index (χ0) is 3.41. The van der Waals surface area contributed by atoms with Crippen molar-refractivity contribution in [1.82, 2.24) is 0 Å². The molecule has 0 aromatic carbocycles. The van der Waals surface area contributed by atoms with E-state index in [1.165, 1.54) is 0 Å². The first kappa shape index (κ1) is 16.1. The van der Waals surface area contributed by atoms with Gasteiger partial charge in [0.05, 0.1) is 0 Å². The van der Waals surface area contributed by atoms with Crippen LogP contribution in [-0.2, 0) is 0 Å². The van der Waals surface area contributed by atoms with Crippen molar-refractivity contribution in [2.24, 2.45) is 0 Å². The second kappa shape index (κ2) is 15.7. The van der Waals surface area contributed by atoms with Gasteiger partial charge >= 0.3 is 103 Å². The maximum absolute atomic E-state index is 3.54. The maximum atomic E-state index is 3.54. The molecule has 0 radical (unpaired) electrons. The fraction of sp³-hybridized carbons (Fsp3) is 0.500. The van der Waals surface area contributed by atoms with Crippen LogP contribution in [0.5, 0.6) is 0 Å². The van der Waals surface area contributed by atoms with Crippen LogP contribution in [0.2, 0.25) is 0 Å². The van der Waals surface area contributed by atoms with Gasteiger partial charge < -0.3 is 13.8 Å². The summed E-state index contributed by atoms with van der Waals surface area (Å²) in [6, 6.07) is 0. The van der Waals surface area contributed by atoms with E-state index >= 15 is 0 Å². The van der Waals surface area contributed by atoms with Gasteiger partial charge in [0.15, 0.2) is 0 Å². The van der Waals surface area contributed by atoms with Crippen LogP contribution < -0.4 is 103 Å². The van der Waals surface area contributed by atoms with Crippen molar-refractivity contribution in [1.29, 1.82) is 0 Å². The summed E-state index contributed by atoms with van der Waals surface area (Å²) in [5.41, 5.74) is 0. The first-order valence-electron chi connectivity index (χ1n) is 1.50. The van der Waals surface area contributed by atoms with E-state index in [2.05, 4.69) is 13.8 Å². The maximum Gasteiger partial charge on any atom is 1.00 e. The Kier molecular flexibility index (Phi) is 42.3. The molecule has 0 bridgehead atoms. The van der Waals surface area contributed by atoms with Gasteiger partial charge in [-0.3, -0.25) is 0 Å². The van der Waals surface area contributed by atoms with E-state index in [4.69, 9.17) is 0 Å². The van der Waals surface area contributed by atoms with Crippen LogP contribution in [-0.4, -0.2) is 0 Å². The first-order valence-corrected chi connectivity index (χ1v) is 1.50. The number of hydrogen-bond donors (Lipinski definition) is 0. The van der Waals surface area contributed by atoms with Crippen LogP contribution in [0.15, 0.2) is 0 Å². The normalized spacial score (nSPS) is 5.00. The molecule has 0 aromatic heterocycles. The molecule has 0 amide bonds. The van der Waals surface area contributed by atoms with E-state index in [0.717, 1.165) is 12.8 Å². The third kappa shape index (κ3) is 15.7. The van der Waals surface area contributed by atoms with Crippen molar-refractivity contribution >= 4 is 0 Å². The minimum atomic E-state index is 0. The summed E-state index contributed by atoms with van der Waals surface area (Å²) in [6.07, 6.45) is 1.92. The predicted octanol–water partition coefficient (Wildman–Crippen LogP) is -4.56. The summed E-state index contributed by atoms with van der Waals surface area (Å²) in [5.74, 6) is 0. The molecule has 6 heavy (non-hydrogen) atoms. The molecule has 0 spiro atoms. The molecular formula is C4H8K2. The third-order valence-electron chi connectivity index (χ3n) is 0.250. The van der Waals surface area contributed by atoms with Crippen molar-refractivity contribution in [3.8, 4) is 0 Å². The van der Waals surface area contributed by atoms with Gasteiger partial charge in [-0.2, -0.15) is 0 Å². The molecule has 0 nitrogen and oxygen atoms in total. The Labute approximate surface area is 126 Å². The van der Waals surface area contributed by atoms with E-state index in [0.29, 0.717) is 0 Å². The minimum Gasteiger partial charge on any atom is -0.346 e. The van der Waals surface area contributed by atoms with Crippen molar-refractivity contribution in [3.63, 3.8) is 0 Å². The molecular weight excluding hydrogens is 126 g/mol. The molecule has 0 fully saturated rings. The molecule has 0 unspecified atom stereocenters. The molecule has 0 saturated carbocycles. The SMILES string of the molecule is [CH2-]CC[CH2-].[K+].[K+]. The monoisotopic (exact) mass is 134 g/mol. The van der Waals surface area contributed by atoms with Gasteiger partial charge in [0.25, 0.3) is 0 Å². The van der Waals surface area contributed by atoms with Crippen LogP contribution in [0.3, 0.4) is 0 Å². The summed E-state index contributed by atoms with van der Waals surface area (Å²) in [5, 5.41) is 0. The summed E-state index contributed by atoms with van der Waals surface area (Å²) in [4.78, 5) is 0. The Bertz CT molecular complexity index is 7.51. The molecule has 0 aliphatic carbocycles. The Morgan fingerprint density at radius 2 is 1.00 bits per heavy atom. The summed E-state index contributed by atoms with van der Waals surface area (Å²) in [6.45, 7) is 7.08. The Morgan fingerprint density at radius 1 is 0.833 bits per heavy atom. The zero-order valence-corrected chi connectivity index (χ0v) is 11.1. The molecule has 0 heterocycles. The number of hydrogen-bond acceptors (Lipinski definition) is 0. The van der Waals surface area contributed by atoms with Crippen molar-refractivity contribution < 1.29 is 103 Å². The molecule has 0 aliphatic heterocycles. The van der Waals surface area contributed by atoms with E-state index in [-0.39, 0.29) is 103 Å². The average molecular weight is 134 g/mol. The minimum absolute atomic E-state index is 0. The second-order valence-electron chi connectivity index (χ2n) is 0.707. The summed E-state index contributed by atoms with van der Waals surface area (Å²) in [7, 11) is 0. The summed E-state index contributed by atoms with van der Waals surface area (Å²) >= 11 is 0. The van der Waals surface area contributed by atoms with Gasteiger partial charge in [-0.25, -0.2) is 12.8 Å². The van der Waals surface area contributed by atoms with Crippen molar-refractivity contribution in [2.45, 2.75) is 12.8 Å². The van der Waals surface area contributed by atoms with Crippen molar-refractivity contribution in [2.75, 3.05) is 0 Å². The zero-order valence-electron chi connectivity index (χ0n) is 4.83. The van der Waals surface area contributed by atoms with Crippen LogP contribution in [0.1, 0.15) is 12.8 Å². The molecule has 2 heteroatoms. The second-order valence-corrected chi connectivity index (χ2v) is 0.707. The van der Waals surface area contributed by atoms with Gasteiger partial charge in [-0.1, -0.05) is 0 Å². The Morgan fingerprint density at radius 3 is 1.00 bits per heavy atom. The van der Waals surface area contributed by atoms with Gasteiger partial charge in [0.2, 0.25) is 0 Å². The van der Waals surface area contributed by atoms with Gasteiger partial charge in [0, 0.05) is 0 Å². The fourth-order valence-electron chi connectivity index (χ4n) is 0. The average Bonchev–Trinajstić information content (AvgIpc) is 1.37. The van der Waals surface area contributed by atoms with Crippen LogP contribution in [0.4, 0.5) is 0 Å². The van der Waals surface area contributed by atoms with Gasteiger partial charge in [0.1, 0.15) is 0 Å².